The third-order valence-electron chi connectivity index (χ3n) is 2.22. The van der Waals surface area contributed by atoms with Crippen molar-refractivity contribution >= 4 is 5.97 Å². The van der Waals surface area contributed by atoms with Crippen LogP contribution in [0.2, 0.25) is 0 Å². The van der Waals surface area contributed by atoms with E-state index in [1.54, 1.807) is 51.1 Å². The second-order valence-corrected chi connectivity index (χ2v) is 5.01. The van der Waals surface area contributed by atoms with Gasteiger partial charge in [0.05, 0.1) is 0 Å². The van der Waals surface area contributed by atoms with Crippen LogP contribution < -0.4 is 0 Å². The number of rotatable bonds is 4. The Morgan fingerprint density at radius 1 is 1.33 bits per heavy atom. The summed E-state index contributed by atoms with van der Waals surface area (Å²) >= 11 is 0. The van der Waals surface area contributed by atoms with Gasteiger partial charge in [0.2, 0.25) is 6.54 Å². The second kappa shape index (κ2) is 5.62. The van der Waals surface area contributed by atoms with Crippen LogP contribution >= 0.6 is 0 Å². The molecule has 0 N–H and O–H groups in total. The Morgan fingerprint density at radius 3 is 2.33 bits per heavy atom. The molecule has 0 saturated carbocycles. The van der Waals surface area contributed by atoms with E-state index in [1.807, 2.05) is 0 Å². The van der Waals surface area contributed by atoms with Gasteiger partial charge in [-0.25, -0.2) is 0 Å². The Balaban J connectivity index is 2.92. The number of nitrogens with zero attached hydrogens (tertiary/aromatic N) is 1. The van der Waals surface area contributed by atoms with Gasteiger partial charge >= 0.3 is 5.97 Å². The first-order valence-corrected chi connectivity index (χ1v) is 5.69. The minimum atomic E-state index is -0.861. The van der Waals surface area contributed by atoms with Crippen molar-refractivity contribution in [2.24, 2.45) is 0 Å². The van der Waals surface area contributed by atoms with Gasteiger partial charge in [0.1, 0.15) is 11.5 Å². The van der Waals surface area contributed by atoms with E-state index in [2.05, 4.69) is 0 Å². The summed E-state index contributed by atoms with van der Waals surface area (Å²) in [5.41, 5.74) is -0.0517. The molecule has 0 saturated heterocycles. The quantitative estimate of drug-likeness (QED) is 0.468. The minimum Gasteiger partial charge on any atom is -0.459 e. The lowest BCUT2D eigenvalue weighted by Gasteiger charge is -2.22. The fraction of sp³-hybridized carbons (Fsp3) is 0.462. The molecule has 0 spiro atoms. The van der Waals surface area contributed by atoms with Crippen LogP contribution in [0.25, 0.3) is 0 Å². The molecule has 0 unspecified atom stereocenters. The number of hydrogen-bond donors (Lipinski definition) is 0. The van der Waals surface area contributed by atoms with Crippen LogP contribution in [0.1, 0.15) is 32.3 Å². The van der Waals surface area contributed by atoms with E-state index >= 15 is 0 Å². The molecule has 18 heavy (non-hydrogen) atoms. The highest BCUT2D eigenvalue weighted by atomic mass is 16.6. The standard InChI is InChI=1S/C13H17NO4/c1-13(2,3)18-12(15)11(9-14(16)17)10-7-5-4-6-8-10/h4-8,11H,9H2,1-3H3/t11-/m1/s1. The average molecular weight is 251 g/mol. The minimum absolute atomic E-state index is 0.459. The summed E-state index contributed by atoms with van der Waals surface area (Å²) < 4.78 is 5.21. The predicted molar refractivity (Wildman–Crippen MR) is 66.9 cm³/mol. The van der Waals surface area contributed by atoms with Crippen molar-refractivity contribution in [2.45, 2.75) is 32.3 Å². The molecule has 0 aliphatic rings. The number of hydrogen-bond acceptors (Lipinski definition) is 4. The van der Waals surface area contributed by atoms with Crippen molar-refractivity contribution < 1.29 is 14.5 Å². The van der Waals surface area contributed by atoms with Gasteiger partial charge < -0.3 is 4.74 Å². The fourth-order valence-electron chi connectivity index (χ4n) is 1.52. The topological polar surface area (TPSA) is 69.4 Å². The smallest absolute Gasteiger partial charge is 0.320 e. The van der Waals surface area contributed by atoms with Crippen LogP contribution in [0.3, 0.4) is 0 Å². The summed E-state index contributed by atoms with van der Waals surface area (Å²) in [6, 6.07) is 8.66. The van der Waals surface area contributed by atoms with E-state index in [0.29, 0.717) is 5.56 Å². The lowest BCUT2D eigenvalue weighted by Crippen LogP contribution is -2.30. The monoisotopic (exact) mass is 251 g/mol. The zero-order valence-corrected chi connectivity index (χ0v) is 10.8. The molecule has 0 fully saturated rings. The lowest BCUT2D eigenvalue weighted by atomic mass is 9.99. The normalized spacial score (nSPS) is 12.8. The van der Waals surface area contributed by atoms with Crippen LogP contribution in [-0.2, 0) is 9.53 Å². The Hall–Kier alpha value is -1.91. The number of carbonyl (C=O) groups excluding carboxylic acids is 1. The molecular formula is C13H17NO4. The Morgan fingerprint density at radius 2 is 1.89 bits per heavy atom. The number of benzene rings is 1. The highest BCUT2D eigenvalue weighted by molar-refractivity contribution is 5.78. The summed E-state index contributed by atoms with van der Waals surface area (Å²) in [5, 5.41) is 10.7. The van der Waals surface area contributed by atoms with Gasteiger partial charge in [0.25, 0.3) is 0 Å². The summed E-state index contributed by atoms with van der Waals surface area (Å²) in [6.07, 6.45) is 0. The Bertz CT molecular complexity index is 422. The summed E-state index contributed by atoms with van der Waals surface area (Å²) in [5.74, 6) is -1.43. The molecule has 98 valence electrons. The molecule has 0 bridgehead atoms. The molecule has 0 radical (unpaired) electrons. The molecule has 0 aliphatic heterocycles. The molecule has 0 amide bonds. The number of esters is 1. The highest BCUT2D eigenvalue weighted by Crippen LogP contribution is 2.20. The summed E-state index contributed by atoms with van der Waals surface area (Å²) in [4.78, 5) is 22.1. The highest BCUT2D eigenvalue weighted by Gasteiger charge is 2.30. The SMILES string of the molecule is CC(C)(C)OC(=O)[C@H](C[N+](=O)[O-])c1ccccc1. The van der Waals surface area contributed by atoms with Gasteiger partial charge in [0, 0.05) is 4.92 Å². The number of nitro groups is 1. The maximum atomic E-state index is 12.0. The van der Waals surface area contributed by atoms with Crippen LogP contribution in [-0.4, -0.2) is 23.0 Å². The molecular weight excluding hydrogens is 234 g/mol. The summed E-state index contributed by atoms with van der Waals surface area (Å²) in [7, 11) is 0. The van der Waals surface area contributed by atoms with Crippen molar-refractivity contribution in [3.63, 3.8) is 0 Å². The van der Waals surface area contributed by atoms with Gasteiger partial charge in [-0.15, -0.1) is 0 Å². The van der Waals surface area contributed by atoms with Gasteiger partial charge in [-0.05, 0) is 26.3 Å². The third-order valence-corrected chi connectivity index (χ3v) is 2.22. The molecule has 1 aromatic carbocycles. The van der Waals surface area contributed by atoms with Gasteiger partial charge in [-0.3, -0.25) is 14.9 Å². The van der Waals surface area contributed by atoms with E-state index < -0.39 is 29.0 Å². The van der Waals surface area contributed by atoms with E-state index in [4.69, 9.17) is 4.74 Å². The van der Waals surface area contributed by atoms with Crippen molar-refractivity contribution in [3.8, 4) is 0 Å². The van der Waals surface area contributed by atoms with Crippen LogP contribution in [0.15, 0.2) is 30.3 Å². The number of carbonyl (C=O) groups is 1. The third kappa shape index (κ3) is 4.53. The largest absolute Gasteiger partial charge is 0.459 e. The van der Waals surface area contributed by atoms with E-state index in [-0.39, 0.29) is 0 Å². The summed E-state index contributed by atoms with van der Waals surface area (Å²) in [6.45, 7) is 4.75. The van der Waals surface area contributed by atoms with E-state index in [0.717, 1.165) is 0 Å². The van der Waals surface area contributed by atoms with Crippen molar-refractivity contribution in [1.82, 2.24) is 0 Å². The lowest BCUT2D eigenvalue weighted by molar-refractivity contribution is -0.481. The van der Waals surface area contributed by atoms with Gasteiger partial charge in [-0.2, -0.15) is 0 Å². The molecule has 0 heterocycles. The zero-order valence-electron chi connectivity index (χ0n) is 10.8. The molecule has 1 atom stereocenters. The van der Waals surface area contributed by atoms with Gasteiger partial charge in [-0.1, -0.05) is 30.3 Å². The Kier molecular flexibility index (Phi) is 4.42. The molecule has 5 heteroatoms. The fourth-order valence-corrected chi connectivity index (χ4v) is 1.52. The molecule has 5 nitrogen and oxygen atoms in total. The molecule has 1 rings (SSSR count). The van der Waals surface area contributed by atoms with Crippen molar-refractivity contribution in [3.05, 3.63) is 46.0 Å². The predicted octanol–water partition coefficient (Wildman–Crippen LogP) is 2.39. The van der Waals surface area contributed by atoms with E-state index in [1.165, 1.54) is 0 Å². The molecule has 0 aromatic heterocycles. The molecule has 1 aromatic rings. The van der Waals surface area contributed by atoms with Crippen LogP contribution in [0, 0.1) is 10.1 Å². The Labute approximate surface area is 106 Å². The molecule has 0 aliphatic carbocycles. The number of ether oxygens (including phenoxy) is 1. The average Bonchev–Trinajstić information content (AvgIpc) is 2.24. The van der Waals surface area contributed by atoms with Crippen molar-refractivity contribution in [1.29, 1.82) is 0 Å². The van der Waals surface area contributed by atoms with Crippen molar-refractivity contribution in [2.75, 3.05) is 6.54 Å². The second-order valence-electron chi connectivity index (χ2n) is 5.01. The zero-order chi connectivity index (χ0) is 13.8. The maximum Gasteiger partial charge on any atom is 0.320 e. The first kappa shape index (κ1) is 14.2. The first-order valence-electron chi connectivity index (χ1n) is 5.69. The maximum absolute atomic E-state index is 12.0. The van der Waals surface area contributed by atoms with Gasteiger partial charge in [0.15, 0.2) is 0 Å². The first-order chi connectivity index (χ1) is 8.29. The van der Waals surface area contributed by atoms with Crippen LogP contribution in [0.4, 0.5) is 0 Å². The van der Waals surface area contributed by atoms with E-state index in [9.17, 15) is 14.9 Å². The van der Waals surface area contributed by atoms with Crippen LogP contribution in [0.5, 0.6) is 0 Å².